The Hall–Kier alpha value is -2.69. The van der Waals surface area contributed by atoms with Crippen molar-refractivity contribution in [2.24, 2.45) is 5.92 Å². The minimum Gasteiger partial charge on any atom is -0.289 e. The van der Waals surface area contributed by atoms with Crippen LogP contribution in [0, 0.1) is 17.2 Å². The molecular formula is C22H20N2O3S2. The molecule has 5 nitrogen and oxygen atoms in total. The van der Waals surface area contributed by atoms with Crippen LogP contribution in [-0.4, -0.2) is 8.42 Å². The van der Waals surface area contributed by atoms with E-state index in [1.54, 1.807) is 35.6 Å². The van der Waals surface area contributed by atoms with E-state index in [2.05, 4.69) is 11.6 Å². The fourth-order valence-corrected chi connectivity index (χ4v) is 6.22. The molecule has 4 rings (SSSR count). The van der Waals surface area contributed by atoms with Crippen LogP contribution in [0.3, 0.4) is 0 Å². The number of nitrogens with one attached hydrogen (secondary N) is 1. The van der Waals surface area contributed by atoms with Gasteiger partial charge in [0.15, 0.2) is 5.43 Å². The molecule has 0 aliphatic heterocycles. The number of hydrogen-bond acceptors (Lipinski definition) is 5. The Bertz CT molecular complexity index is 1300. The third kappa shape index (κ3) is 3.78. The summed E-state index contributed by atoms with van der Waals surface area (Å²) in [6.45, 7) is 2.17. The number of rotatable bonds is 4. The summed E-state index contributed by atoms with van der Waals surface area (Å²) in [5.41, 5.74) is 1.67. The number of anilines is 1. The summed E-state index contributed by atoms with van der Waals surface area (Å²) in [5, 5.41) is 9.64. The molecule has 1 aliphatic carbocycles. The molecule has 29 heavy (non-hydrogen) atoms. The van der Waals surface area contributed by atoms with Gasteiger partial charge in [0.05, 0.1) is 22.2 Å². The summed E-state index contributed by atoms with van der Waals surface area (Å²) in [7, 11) is -3.83. The Kier molecular flexibility index (Phi) is 5.15. The molecule has 1 heterocycles. The fraction of sp³-hybridized carbons (Fsp3) is 0.273. The van der Waals surface area contributed by atoms with Gasteiger partial charge in [-0.2, -0.15) is 5.26 Å². The Labute approximate surface area is 173 Å². The molecule has 1 aliphatic rings. The molecule has 1 atom stereocenters. The quantitative estimate of drug-likeness (QED) is 0.670. The van der Waals surface area contributed by atoms with Gasteiger partial charge in [0.1, 0.15) is 0 Å². The Morgan fingerprint density at radius 2 is 2.07 bits per heavy atom. The summed E-state index contributed by atoms with van der Waals surface area (Å²) < 4.78 is 28.8. The van der Waals surface area contributed by atoms with Gasteiger partial charge in [0, 0.05) is 20.5 Å². The highest BCUT2D eigenvalue weighted by molar-refractivity contribution is 7.92. The number of nitrogens with zero attached hydrogens (tertiary/aromatic N) is 1. The van der Waals surface area contributed by atoms with Crippen molar-refractivity contribution in [1.29, 1.82) is 5.26 Å². The number of nitriles is 1. The lowest BCUT2D eigenvalue weighted by Crippen LogP contribution is -2.20. The highest BCUT2D eigenvalue weighted by Crippen LogP contribution is 2.33. The molecule has 0 amide bonds. The van der Waals surface area contributed by atoms with Gasteiger partial charge in [-0.1, -0.05) is 19.4 Å². The Morgan fingerprint density at radius 3 is 2.83 bits per heavy atom. The van der Waals surface area contributed by atoms with E-state index in [9.17, 15) is 13.2 Å². The lowest BCUT2D eigenvalue weighted by molar-refractivity contribution is 0.448. The van der Waals surface area contributed by atoms with Gasteiger partial charge in [-0.3, -0.25) is 9.52 Å². The van der Waals surface area contributed by atoms with Crippen LogP contribution in [0.15, 0.2) is 52.2 Å². The first-order valence-corrected chi connectivity index (χ1v) is 11.8. The van der Waals surface area contributed by atoms with Crippen molar-refractivity contribution in [3.05, 3.63) is 68.7 Å². The lowest BCUT2D eigenvalue weighted by atomic mass is 9.87. The summed E-state index contributed by atoms with van der Waals surface area (Å²) in [5.74, 6) is 0.602. The van der Waals surface area contributed by atoms with Crippen LogP contribution in [0.2, 0.25) is 0 Å². The molecule has 0 saturated heterocycles. The zero-order valence-corrected chi connectivity index (χ0v) is 17.6. The fourth-order valence-electron chi connectivity index (χ4n) is 3.77. The third-order valence-corrected chi connectivity index (χ3v) is 8.05. The molecule has 2 aromatic carbocycles. The van der Waals surface area contributed by atoms with Crippen molar-refractivity contribution < 1.29 is 8.42 Å². The van der Waals surface area contributed by atoms with Gasteiger partial charge in [-0.15, -0.1) is 11.3 Å². The first-order chi connectivity index (χ1) is 13.9. The zero-order valence-electron chi connectivity index (χ0n) is 15.9. The Morgan fingerprint density at radius 1 is 1.24 bits per heavy atom. The molecule has 0 bridgehead atoms. The van der Waals surface area contributed by atoms with Crippen molar-refractivity contribution in [2.75, 3.05) is 4.72 Å². The predicted molar refractivity (Wildman–Crippen MR) is 116 cm³/mol. The molecule has 1 aromatic heterocycles. The second-order valence-electron chi connectivity index (χ2n) is 7.31. The number of fused-ring (bicyclic) bond motifs is 2. The van der Waals surface area contributed by atoms with Gasteiger partial charge < -0.3 is 0 Å². The van der Waals surface area contributed by atoms with Crippen molar-refractivity contribution >= 4 is 37.1 Å². The monoisotopic (exact) mass is 424 g/mol. The lowest BCUT2D eigenvalue weighted by Gasteiger charge is -2.22. The van der Waals surface area contributed by atoms with Crippen LogP contribution < -0.4 is 10.2 Å². The molecule has 0 spiro atoms. The van der Waals surface area contributed by atoms with Gasteiger partial charge in [-0.05, 0) is 61.6 Å². The summed E-state index contributed by atoms with van der Waals surface area (Å²) in [6.07, 6.45) is 3.89. The standard InChI is InChI=1S/C22H20N2O3S2/c1-2-14-6-8-18-20(11-14)28-21-12-16(7-9-19(21)22(18)25)24-29(26,27)17-5-3-4-15(10-17)13-23/h3-5,7,9-10,12,14,24H,2,6,8,11H2,1H3. The third-order valence-electron chi connectivity index (χ3n) is 5.45. The molecule has 0 radical (unpaired) electrons. The maximum Gasteiger partial charge on any atom is 0.261 e. The average molecular weight is 425 g/mol. The summed E-state index contributed by atoms with van der Waals surface area (Å²) >= 11 is 1.59. The van der Waals surface area contributed by atoms with Crippen LogP contribution in [0.4, 0.5) is 5.69 Å². The predicted octanol–water partition coefficient (Wildman–Crippen LogP) is 4.45. The van der Waals surface area contributed by atoms with Crippen molar-refractivity contribution in [1.82, 2.24) is 0 Å². The first-order valence-electron chi connectivity index (χ1n) is 9.53. The van der Waals surface area contributed by atoms with Crippen LogP contribution in [0.5, 0.6) is 0 Å². The minimum absolute atomic E-state index is 0.0288. The van der Waals surface area contributed by atoms with Crippen molar-refractivity contribution in [3.63, 3.8) is 0 Å². The van der Waals surface area contributed by atoms with Crippen LogP contribution in [0.25, 0.3) is 10.1 Å². The molecule has 3 aromatic rings. The van der Waals surface area contributed by atoms with Crippen LogP contribution in [-0.2, 0) is 22.9 Å². The normalized spacial score (nSPS) is 16.2. The number of sulfonamides is 1. The molecular weight excluding hydrogens is 404 g/mol. The second-order valence-corrected chi connectivity index (χ2v) is 10.1. The molecule has 148 valence electrons. The smallest absolute Gasteiger partial charge is 0.261 e. The molecule has 7 heteroatoms. The zero-order chi connectivity index (χ0) is 20.6. The van der Waals surface area contributed by atoms with E-state index in [-0.39, 0.29) is 15.9 Å². The maximum absolute atomic E-state index is 12.9. The van der Waals surface area contributed by atoms with E-state index in [0.717, 1.165) is 40.8 Å². The maximum atomic E-state index is 12.9. The van der Waals surface area contributed by atoms with E-state index >= 15 is 0 Å². The van der Waals surface area contributed by atoms with E-state index in [0.29, 0.717) is 17.0 Å². The van der Waals surface area contributed by atoms with E-state index in [1.165, 1.54) is 18.2 Å². The van der Waals surface area contributed by atoms with Crippen LogP contribution >= 0.6 is 11.3 Å². The first kappa shape index (κ1) is 19.6. The van der Waals surface area contributed by atoms with E-state index < -0.39 is 10.0 Å². The summed E-state index contributed by atoms with van der Waals surface area (Å²) in [6, 6.07) is 12.9. The molecule has 0 fully saturated rings. The van der Waals surface area contributed by atoms with Crippen LogP contribution in [0.1, 0.15) is 35.8 Å². The van der Waals surface area contributed by atoms with Gasteiger partial charge in [-0.25, -0.2) is 8.42 Å². The van der Waals surface area contributed by atoms with Gasteiger partial charge in [0.25, 0.3) is 10.0 Å². The average Bonchev–Trinajstić information content (AvgIpc) is 2.73. The number of benzene rings is 2. The highest BCUT2D eigenvalue weighted by Gasteiger charge is 2.22. The van der Waals surface area contributed by atoms with Gasteiger partial charge in [0.2, 0.25) is 0 Å². The summed E-state index contributed by atoms with van der Waals surface area (Å²) in [4.78, 5) is 14.0. The minimum atomic E-state index is -3.83. The largest absolute Gasteiger partial charge is 0.289 e. The van der Waals surface area contributed by atoms with Crippen molar-refractivity contribution in [2.45, 2.75) is 37.5 Å². The molecule has 0 saturated carbocycles. The van der Waals surface area contributed by atoms with Gasteiger partial charge >= 0.3 is 0 Å². The topological polar surface area (TPSA) is 87.0 Å². The Balaban J connectivity index is 1.72. The van der Waals surface area contributed by atoms with E-state index in [1.807, 2.05) is 6.07 Å². The van der Waals surface area contributed by atoms with Crippen molar-refractivity contribution in [3.8, 4) is 6.07 Å². The molecule has 1 N–H and O–H groups in total. The SMILES string of the molecule is CCC1CCc2c(sc3cc(NS(=O)(=O)c4cccc(C#N)c4)ccc3c2=O)C1. The molecule has 1 unspecified atom stereocenters. The highest BCUT2D eigenvalue weighted by atomic mass is 32.2. The second kappa shape index (κ2) is 7.62. The number of hydrogen-bond donors (Lipinski definition) is 1. The van der Waals surface area contributed by atoms with E-state index in [4.69, 9.17) is 5.26 Å².